The van der Waals surface area contributed by atoms with E-state index < -0.39 is 12.1 Å². The Kier molecular flexibility index (Phi) is 15.2. The van der Waals surface area contributed by atoms with Crippen molar-refractivity contribution in [2.24, 2.45) is 5.92 Å². The van der Waals surface area contributed by atoms with Crippen molar-refractivity contribution in [2.75, 3.05) is 19.8 Å². The summed E-state index contributed by atoms with van der Waals surface area (Å²) in [5, 5.41) is 0. The van der Waals surface area contributed by atoms with Crippen molar-refractivity contribution in [3.05, 3.63) is 0 Å². The molecular weight excluding hydrogens is 330 g/mol. The van der Waals surface area contributed by atoms with E-state index in [2.05, 4.69) is 6.92 Å². The van der Waals surface area contributed by atoms with Gasteiger partial charge in [0.15, 0.2) is 0 Å². The molecule has 0 aliphatic rings. The third kappa shape index (κ3) is 11.4. The fourth-order valence-electron chi connectivity index (χ4n) is 3.03. The molecule has 0 aromatic rings. The van der Waals surface area contributed by atoms with Crippen molar-refractivity contribution < 1.29 is 19.1 Å². The van der Waals surface area contributed by atoms with Gasteiger partial charge in [0.1, 0.15) is 6.04 Å². The first-order valence-corrected chi connectivity index (χ1v) is 10.6. The van der Waals surface area contributed by atoms with E-state index in [1.54, 1.807) is 18.7 Å². The lowest BCUT2D eigenvalue weighted by Gasteiger charge is -2.30. The van der Waals surface area contributed by atoms with E-state index in [-0.39, 0.29) is 5.97 Å². The van der Waals surface area contributed by atoms with Crippen LogP contribution in [0.3, 0.4) is 0 Å². The van der Waals surface area contributed by atoms with Crippen molar-refractivity contribution in [3.8, 4) is 0 Å². The fraction of sp³-hybridized carbons (Fsp3) is 0.905. The van der Waals surface area contributed by atoms with Crippen molar-refractivity contribution in [1.82, 2.24) is 4.90 Å². The van der Waals surface area contributed by atoms with Crippen LogP contribution < -0.4 is 0 Å². The van der Waals surface area contributed by atoms with Crippen LogP contribution in [0.2, 0.25) is 0 Å². The van der Waals surface area contributed by atoms with Crippen LogP contribution in [0.25, 0.3) is 0 Å². The second kappa shape index (κ2) is 16.0. The maximum absolute atomic E-state index is 12.4. The highest BCUT2D eigenvalue weighted by Crippen LogP contribution is 2.17. The summed E-state index contributed by atoms with van der Waals surface area (Å²) in [5.41, 5.74) is 0. The van der Waals surface area contributed by atoms with Crippen LogP contribution in [0, 0.1) is 5.92 Å². The number of unbranched alkanes of at least 4 members (excludes halogenated alkanes) is 7. The average molecular weight is 372 g/mol. The van der Waals surface area contributed by atoms with Gasteiger partial charge in [-0.2, -0.15) is 0 Å². The molecule has 5 heteroatoms. The molecule has 0 fully saturated rings. The molecule has 0 spiro atoms. The summed E-state index contributed by atoms with van der Waals surface area (Å²) in [6.07, 6.45) is 9.73. The zero-order valence-corrected chi connectivity index (χ0v) is 17.7. The third-order valence-corrected chi connectivity index (χ3v) is 4.38. The van der Waals surface area contributed by atoms with E-state index in [0.29, 0.717) is 32.1 Å². The molecule has 26 heavy (non-hydrogen) atoms. The van der Waals surface area contributed by atoms with Gasteiger partial charge in [-0.15, -0.1) is 0 Å². The lowest BCUT2D eigenvalue weighted by atomic mass is 10.0. The molecule has 0 aliphatic heterocycles. The summed E-state index contributed by atoms with van der Waals surface area (Å²) in [4.78, 5) is 26.4. The minimum atomic E-state index is -0.557. The molecular formula is C21H41NO4. The molecule has 0 aliphatic carbocycles. The van der Waals surface area contributed by atoms with Gasteiger partial charge in [-0.1, -0.05) is 65.7 Å². The maximum atomic E-state index is 12.4. The van der Waals surface area contributed by atoms with E-state index in [9.17, 15) is 9.59 Å². The monoisotopic (exact) mass is 371 g/mol. The van der Waals surface area contributed by atoms with Gasteiger partial charge in [0.2, 0.25) is 0 Å². The summed E-state index contributed by atoms with van der Waals surface area (Å²) >= 11 is 0. The van der Waals surface area contributed by atoms with Crippen LogP contribution in [0.5, 0.6) is 0 Å². The smallest absolute Gasteiger partial charge is 0.410 e. The van der Waals surface area contributed by atoms with Crippen LogP contribution >= 0.6 is 0 Å². The molecule has 0 heterocycles. The van der Waals surface area contributed by atoms with Crippen molar-refractivity contribution in [3.63, 3.8) is 0 Å². The molecule has 0 bridgehead atoms. The Balaban J connectivity index is 4.64. The molecule has 5 nitrogen and oxygen atoms in total. The lowest BCUT2D eigenvalue weighted by molar-refractivity contribution is -0.149. The Bertz CT molecular complexity index is 371. The van der Waals surface area contributed by atoms with Crippen LogP contribution in [0.15, 0.2) is 0 Å². The van der Waals surface area contributed by atoms with Gasteiger partial charge >= 0.3 is 12.1 Å². The first kappa shape index (κ1) is 24.7. The number of carbonyl (C=O) groups excluding carboxylic acids is 2. The highest BCUT2D eigenvalue weighted by atomic mass is 16.6. The lowest BCUT2D eigenvalue weighted by Crippen LogP contribution is -2.47. The van der Waals surface area contributed by atoms with Crippen molar-refractivity contribution in [1.29, 1.82) is 0 Å². The second-order valence-corrected chi connectivity index (χ2v) is 7.26. The molecule has 1 amide bonds. The number of hydrogen-bond donors (Lipinski definition) is 0. The summed E-state index contributed by atoms with van der Waals surface area (Å²) in [7, 11) is 0. The van der Waals surface area contributed by atoms with Gasteiger partial charge in [-0.05, 0) is 32.6 Å². The van der Waals surface area contributed by atoms with Gasteiger partial charge in [0.05, 0.1) is 13.2 Å². The SMILES string of the molecule is CCCCCCCCCCN(C(=O)OCC)C(CC(C)C)C(=O)OCC. The second-order valence-electron chi connectivity index (χ2n) is 7.26. The molecule has 0 saturated carbocycles. The molecule has 0 rings (SSSR count). The minimum Gasteiger partial charge on any atom is -0.464 e. The molecule has 0 N–H and O–H groups in total. The normalized spacial score (nSPS) is 12.1. The summed E-state index contributed by atoms with van der Waals surface area (Å²) in [6.45, 7) is 11.1. The van der Waals surface area contributed by atoms with E-state index in [0.717, 1.165) is 12.8 Å². The molecule has 0 aromatic heterocycles. The third-order valence-electron chi connectivity index (χ3n) is 4.38. The number of nitrogens with zero attached hydrogens (tertiary/aromatic N) is 1. The number of hydrogen-bond acceptors (Lipinski definition) is 4. The van der Waals surface area contributed by atoms with Gasteiger partial charge < -0.3 is 9.47 Å². The van der Waals surface area contributed by atoms with Crippen LogP contribution in [-0.2, 0) is 14.3 Å². The number of rotatable bonds is 15. The Morgan fingerprint density at radius 2 is 1.35 bits per heavy atom. The maximum Gasteiger partial charge on any atom is 0.410 e. The first-order valence-electron chi connectivity index (χ1n) is 10.6. The standard InChI is InChI=1S/C21H41NO4/c1-6-9-10-11-12-13-14-15-16-22(21(24)26-8-3)19(17-18(4)5)20(23)25-7-2/h18-19H,6-17H2,1-5H3. The zero-order chi connectivity index (χ0) is 19.8. The Morgan fingerprint density at radius 1 is 0.808 bits per heavy atom. The number of ether oxygens (including phenoxy) is 2. The minimum absolute atomic E-state index is 0.292. The molecule has 1 atom stereocenters. The predicted octanol–water partition coefficient (Wildman–Crippen LogP) is 5.56. The molecule has 0 aromatic carbocycles. The highest BCUT2D eigenvalue weighted by molar-refractivity contribution is 5.81. The topological polar surface area (TPSA) is 55.8 Å². The highest BCUT2D eigenvalue weighted by Gasteiger charge is 2.32. The number of carbonyl (C=O) groups is 2. The van der Waals surface area contributed by atoms with Crippen molar-refractivity contribution >= 4 is 12.1 Å². The van der Waals surface area contributed by atoms with Gasteiger partial charge in [-0.25, -0.2) is 9.59 Å². The van der Waals surface area contributed by atoms with Gasteiger partial charge in [0, 0.05) is 6.54 Å². The van der Waals surface area contributed by atoms with Gasteiger partial charge in [0.25, 0.3) is 0 Å². The quantitative estimate of drug-likeness (QED) is 0.279. The zero-order valence-electron chi connectivity index (χ0n) is 17.7. The van der Waals surface area contributed by atoms with Crippen LogP contribution in [0.1, 0.15) is 92.4 Å². The van der Waals surface area contributed by atoms with Crippen LogP contribution in [-0.4, -0.2) is 42.8 Å². The fourth-order valence-corrected chi connectivity index (χ4v) is 3.03. The summed E-state index contributed by atoms with van der Waals surface area (Å²) in [5.74, 6) is -0.0336. The first-order chi connectivity index (χ1) is 12.5. The average Bonchev–Trinajstić information content (AvgIpc) is 2.59. The van der Waals surface area contributed by atoms with E-state index in [1.165, 1.54) is 38.5 Å². The Morgan fingerprint density at radius 3 is 1.85 bits per heavy atom. The molecule has 154 valence electrons. The van der Waals surface area contributed by atoms with E-state index >= 15 is 0 Å². The summed E-state index contributed by atoms with van der Waals surface area (Å²) in [6, 6.07) is -0.557. The largest absolute Gasteiger partial charge is 0.464 e. The predicted molar refractivity (Wildman–Crippen MR) is 106 cm³/mol. The molecule has 1 unspecified atom stereocenters. The van der Waals surface area contributed by atoms with Crippen LogP contribution in [0.4, 0.5) is 4.79 Å². The van der Waals surface area contributed by atoms with E-state index in [4.69, 9.17) is 9.47 Å². The van der Waals surface area contributed by atoms with Gasteiger partial charge in [-0.3, -0.25) is 4.90 Å². The number of esters is 1. The van der Waals surface area contributed by atoms with Crippen molar-refractivity contribution in [2.45, 2.75) is 98.4 Å². The number of amides is 1. The summed E-state index contributed by atoms with van der Waals surface area (Å²) < 4.78 is 10.4. The molecule has 0 radical (unpaired) electrons. The van der Waals surface area contributed by atoms with E-state index in [1.807, 2.05) is 13.8 Å². The Labute approximate surface area is 160 Å². The Hall–Kier alpha value is -1.26. The molecule has 0 saturated heterocycles.